The normalized spacial score (nSPS) is 18.2. The highest BCUT2D eigenvalue weighted by molar-refractivity contribution is 6.43. The third kappa shape index (κ3) is 3.27. The molecule has 1 N–H and O–H groups in total. The first-order chi connectivity index (χ1) is 12.1. The van der Waals surface area contributed by atoms with E-state index >= 15 is 0 Å². The predicted molar refractivity (Wildman–Crippen MR) is 101 cm³/mol. The minimum Gasteiger partial charge on any atom is -0.365 e. The number of anilines is 1. The van der Waals surface area contributed by atoms with Crippen molar-refractivity contribution in [2.24, 2.45) is 0 Å². The van der Waals surface area contributed by atoms with Gasteiger partial charge in [-0.1, -0.05) is 36.0 Å². The molecule has 1 saturated heterocycles. The summed E-state index contributed by atoms with van der Waals surface area (Å²) in [7, 11) is 0. The Balaban J connectivity index is 1.78. The Morgan fingerprint density at radius 1 is 1.00 bits per heavy atom. The summed E-state index contributed by atoms with van der Waals surface area (Å²) in [6, 6.07) is 3.91. The molecule has 1 aliphatic heterocycles. The van der Waals surface area contributed by atoms with Crippen LogP contribution in [0, 0.1) is 0 Å². The molecule has 1 amide bonds. The fourth-order valence-corrected chi connectivity index (χ4v) is 4.07. The van der Waals surface area contributed by atoms with Crippen molar-refractivity contribution >= 4 is 45.7 Å². The first-order valence-electron chi connectivity index (χ1n) is 8.85. The second-order valence-corrected chi connectivity index (χ2v) is 7.65. The number of benzene rings is 1. The maximum Gasteiger partial charge on any atom is 0.275 e. The van der Waals surface area contributed by atoms with Crippen molar-refractivity contribution < 1.29 is 4.79 Å². The molecule has 25 heavy (non-hydrogen) atoms. The van der Waals surface area contributed by atoms with Gasteiger partial charge in [-0.15, -0.1) is 10.2 Å². The van der Waals surface area contributed by atoms with Crippen molar-refractivity contribution in [3.05, 3.63) is 27.9 Å². The molecule has 2 aromatic rings. The molecule has 1 aliphatic carbocycles. The van der Waals surface area contributed by atoms with Crippen LogP contribution in [0.4, 0.5) is 5.82 Å². The van der Waals surface area contributed by atoms with Crippen molar-refractivity contribution in [2.45, 2.75) is 44.6 Å². The van der Waals surface area contributed by atoms with Crippen LogP contribution in [0.1, 0.15) is 49.0 Å². The minimum absolute atomic E-state index is 0.0826. The Bertz CT molecular complexity index is 814. The average molecular weight is 379 g/mol. The standard InChI is InChI=1S/C18H20Cl2N4O/c19-14-9-12-13(10-15(14)20)17(21-11-5-1-2-6-11)23-22-16(12)18(25)24-7-3-4-8-24/h9-11H,1-8H2,(H,21,23). The third-order valence-corrected chi connectivity index (χ3v) is 5.83. The van der Waals surface area contributed by atoms with Crippen molar-refractivity contribution in [1.82, 2.24) is 15.1 Å². The zero-order valence-corrected chi connectivity index (χ0v) is 15.4. The maximum absolute atomic E-state index is 12.8. The van der Waals surface area contributed by atoms with Gasteiger partial charge >= 0.3 is 0 Å². The molecule has 2 heterocycles. The number of nitrogens with zero attached hydrogens (tertiary/aromatic N) is 3. The van der Waals surface area contributed by atoms with Gasteiger partial charge in [0.25, 0.3) is 5.91 Å². The van der Waals surface area contributed by atoms with Gasteiger partial charge in [-0.25, -0.2) is 0 Å². The largest absolute Gasteiger partial charge is 0.365 e. The molecule has 0 spiro atoms. The van der Waals surface area contributed by atoms with Gasteiger partial charge in [0.05, 0.1) is 10.0 Å². The van der Waals surface area contributed by atoms with Crippen LogP contribution in [0.5, 0.6) is 0 Å². The lowest BCUT2D eigenvalue weighted by molar-refractivity contribution is 0.0788. The first-order valence-corrected chi connectivity index (χ1v) is 9.60. The van der Waals surface area contributed by atoms with E-state index in [0.717, 1.165) is 44.2 Å². The second kappa shape index (κ2) is 6.96. The van der Waals surface area contributed by atoms with Gasteiger partial charge in [0.2, 0.25) is 0 Å². The number of amides is 1. The zero-order valence-electron chi connectivity index (χ0n) is 13.9. The molecule has 132 valence electrons. The van der Waals surface area contributed by atoms with Crippen LogP contribution in [0.15, 0.2) is 12.1 Å². The number of carbonyl (C=O) groups excluding carboxylic acids is 1. The number of rotatable bonds is 3. The molecule has 0 atom stereocenters. The Morgan fingerprint density at radius 2 is 1.64 bits per heavy atom. The summed E-state index contributed by atoms with van der Waals surface area (Å²) >= 11 is 12.5. The van der Waals surface area contributed by atoms with Crippen LogP contribution in [0.25, 0.3) is 10.8 Å². The molecule has 1 aromatic heterocycles. The highest BCUT2D eigenvalue weighted by Crippen LogP contribution is 2.34. The van der Waals surface area contributed by atoms with Crippen LogP contribution in [0.3, 0.4) is 0 Å². The highest BCUT2D eigenvalue weighted by Gasteiger charge is 2.25. The summed E-state index contributed by atoms with van der Waals surface area (Å²) in [5.74, 6) is 0.597. The lowest BCUT2D eigenvalue weighted by Crippen LogP contribution is -2.29. The van der Waals surface area contributed by atoms with E-state index in [0.29, 0.717) is 33.0 Å². The van der Waals surface area contributed by atoms with Gasteiger partial charge in [-0.3, -0.25) is 4.79 Å². The summed E-state index contributed by atoms with van der Waals surface area (Å²) in [6.45, 7) is 1.54. The molecule has 0 radical (unpaired) electrons. The lowest BCUT2D eigenvalue weighted by atomic mass is 10.1. The molecule has 0 unspecified atom stereocenters. The van der Waals surface area contributed by atoms with Gasteiger partial charge in [-0.05, 0) is 37.8 Å². The van der Waals surface area contributed by atoms with Crippen LogP contribution < -0.4 is 5.32 Å². The van der Waals surface area contributed by atoms with Crippen molar-refractivity contribution in [2.75, 3.05) is 18.4 Å². The summed E-state index contributed by atoms with van der Waals surface area (Å²) in [6.07, 6.45) is 6.76. The number of carbonyl (C=O) groups is 1. The molecule has 1 saturated carbocycles. The third-order valence-electron chi connectivity index (χ3n) is 5.11. The monoisotopic (exact) mass is 378 g/mol. The molecular formula is C18H20Cl2N4O. The fourth-order valence-electron chi connectivity index (χ4n) is 3.74. The SMILES string of the molecule is O=C(c1nnc(NC2CCCC2)c2cc(Cl)c(Cl)cc12)N1CCCC1. The Morgan fingerprint density at radius 3 is 2.32 bits per heavy atom. The number of halogens is 2. The van der Waals surface area contributed by atoms with Crippen LogP contribution in [-0.2, 0) is 0 Å². The van der Waals surface area contributed by atoms with Crippen LogP contribution in [0.2, 0.25) is 10.0 Å². The average Bonchev–Trinajstić information content (AvgIpc) is 3.29. The van der Waals surface area contributed by atoms with Gasteiger partial charge in [0, 0.05) is 29.9 Å². The maximum atomic E-state index is 12.8. The smallest absolute Gasteiger partial charge is 0.275 e. The Hall–Kier alpha value is -1.59. The zero-order chi connectivity index (χ0) is 17.4. The van der Waals surface area contributed by atoms with E-state index < -0.39 is 0 Å². The Labute approximate surface area is 156 Å². The van der Waals surface area contributed by atoms with E-state index in [2.05, 4.69) is 15.5 Å². The van der Waals surface area contributed by atoms with E-state index in [1.54, 1.807) is 12.1 Å². The molecule has 7 heteroatoms. The van der Waals surface area contributed by atoms with E-state index in [1.165, 1.54) is 12.8 Å². The molecule has 0 bridgehead atoms. The number of hydrogen-bond donors (Lipinski definition) is 1. The summed E-state index contributed by atoms with van der Waals surface area (Å²) in [5.41, 5.74) is 0.354. The summed E-state index contributed by atoms with van der Waals surface area (Å²) in [5, 5.41) is 14.4. The lowest BCUT2D eigenvalue weighted by Gasteiger charge is -2.18. The van der Waals surface area contributed by atoms with E-state index in [9.17, 15) is 4.79 Å². The van der Waals surface area contributed by atoms with Gasteiger partial charge in [-0.2, -0.15) is 0 Å². The van der Waals surface area contributed by atoms with Gasteiger partial charge in [0.15, 0.2) is 11.5 Å². The molecular weight excluding hydrogens is 359 g/mol. The van der Waals surface area contributed by atoms with Crippen LogP contribution in [-0.4, -0.2) is 40.1 Å². The number of likely N-dealkylation sites (tertiary alicyclic amines) is 1. The van der Waals surface area contributed by atoms with Crippen LogP contribution >= 0.6 is 23.2 Å². The fraction of sp³-hybridized carbons (Fsp3) is 0.500. The predicted octanol–water partition coefficient (Wildman–Crippen LogP) is 4.53. The van der Waals surface area contributed by atoms with E-state index in [4.69, 9.17) is 23.2 Å². The van der Waals surface area contributed by atoms with Gasteiger partial charge < -0.3 is 10.2 Å². The summed E-state index contributed by atoms with van der Waals surface area (Å²) in [4.78, 5) is 14.7. The quantitative estimate of drug-likeness (QED) is 0.852. The first kappa shape index (κ1) is 16.9. The summed E-state index contributed by atoms with van der Waals surface area (Å²) < 4.78 is 0. The number of hydrogen-bond acceptors (Lipinski definition) is 4. The molecule has 4 rings (SSSR count). The molecule has 1 aromatic carbocycles. The highest BCUT2D eigenvalue weighted by atomic mass is 35.5. The molecule has 2 aliphatic rings. The number of fused-ring (bicyclic) bond motifs is 1. The molecule has 5 nitrogen and oxygen atoms in total. The second-order valence-electron chi connectivity index (χ2n) is 6.83. The van der Waals surface area contributed by atoms with Crippen molar-refractivity contribution in [3.63, 3.8) is 0 Å². The topological polar surface area (TPSA) is 58.1 Å². The van der Waals surface area contributed by atoms with Gasteiger partial charge in [0.1, 0.15) is 0 Å². The Kier molecular flexibility index (Phi) is 4.69. The number of nitrogens with one attached hydrogen (secondary N) is 1. The minimum atomic E-state index is -0.0826. The number of aromatic nitrogens is 2. The van der Waals surface area contributed by atoms with Crippen molar-refractivity contribution in [1.29, 1.82) is 0 Å². The molecule has 2 fully saturated rings. The van der Waals surface area contributed by atoms with E-state index in [-0.39, 0.29) is 5.91 Å². The van der Waals surface area contributed by atoms with Crippen molar-refractivity contribution in [3.8, 4) is 0 Å². The van der Waals surface area contributed by atoms with E-state index in [1.807, 2.05) is 4.90 Å².